The molecule has 1 aromatic heterocycles. The molecule has 0 aromatic carbocycles. The summed E-state index contributed by atoms with van der Waals surface area (Å²) >= 11 is 0. The van der Waals surface area contributed by atoms with Crippen molar-refractivity contribution in [2.45, 2.75) is 5.16 Å². The van der Waals surface area contributed by atoms with Crippen LogP contribution in [0, 0.1) is 0 Å². The van der Waals surface area contributed by atoms with Gasteiger partial charge in [0.1, 0.15) is 0 Å². The predicted octanol–water partition coefficient (Wildman–Crippen LogP) is -0.597. The lowest BCUT2D eigenvalue weighted by molar-refractivity contribution is 0.442. The molecule has 0 aliphatic heterocycles. The molecule has 1 heterocycles. The minimum absolute atomic E-state index is 0.696. The van der Waals surface area contributed by atoms with E-state index in [1.165, 1.54) is 0 Å². The molecule has 2 N–H and O–H groups in total. The topological polar surface area (TPSA) is 100 Å². The van der Waals surface area contributed by atoms with E-state index in [0.29, 0.717) is 0 Å². The molecule has 0 saturated heterocycles. The van der Waals surface area contributed by atoms with Crippen LogP contribution in [0.3, 0.4) is 0 Å². The van der Waals surface area contributed by atoms with Crippen LogP contribution in [0.2, 0.25) is 0 Å². The average Bonchev–Trinajstić information content (AvgIpc) is 1.82. The Bertz CT molecular complexity index is 450. The van der Waals surface area contributed by atoms with Crippen molar-refractivity contribution in [1.82, 2.24) is 9.97 Å². The Balaban J connectivity index is 3.48. The summed E-state index contributed by atoms with van der Waals surface area (Å²) in [6, 6.07) is 0.728. The van der Waals surface area contributed by atoms with E-state index < -0.39 is 25.6 Å². The molecule has 66 valence electrons. The number of rotatable bonds is 1. The number of hydrogen-bond donors (Lipinski definition) is 2. The van der Waals surface area contributed by atoms with Gasteiger partial charge in [-0.2, -0.15) is 4.98 Å². The van der Waals surface area contributed by atoms with Gasteiger partial charge < -0.3 is 5.11 Å². The summed E-state index contributed by atoms with van der Waals surface area (Å²) in [7, 11) is 0.729. The molecule has 0 aliphatic carbocycles. The summed E-state index contributed by atoms with van der Waals surface area (Å²) in [5, 5.41) is 7.93. The largest absolute Gasteiger partial charge is 0.493 e. The van der Waals surface area contributed by atoms with Crippen molar-refractivity contribution < 1.29 is 13.5 Å². The highest BCUT2D eigenvalue weighted by Gasteiger charge is 2.13. The third-order valence-corrected chi connectivity index (χ3v) is 2.03. The summed E-state index contributed by atoms with van der Waals surface area (Å²) in [6.45, 7) is 0. The van der Waals surface area contributed by atoms with Gasteiger partial charge in [-0.15, -0.1) is 0 Å². The second-order valence-electron chi connectivity index (χ2n) is 1.85. The smallest absolute Gasteiger partial charge is 0.295 e. The van der Waals surface area contributed by atoms with E-state index in [0.717, 1.165) is 6.07 Å². The number of aromatic amines is 1. The first-order chi connectivity index (χ1) is 5.39. The minimum atomic E-state index is -4.10. The molecule has 0 amide bonds. The molecule has 0 radical (unpaired) electrons. The van der Waals surface area contributed by atoms with Crippen LogP contribution in [-0.4, -0.2) is 23.5 Å². The monoisotopic (exact) mass is 210 g/mol. The molecular formula is C4H3ClN2O4S. The summed E-state index contributed by atoms with van der Waals surface area (Å²) in [5.74, 6) is -0.696. The van der Waals surface area contributed by atoms with E-state index in [1.54, 1.807) is 0 Å². The Labute approximate surface area is 71.3 Å². The summed E-state index contributed by atoms with van der Waals surface area (Å²) in [4.78, 5) is 15.5. The third kappa shape index (κ3) is 1.95. The lowest BCUT2D eigenvalue weighted by Crippen LogP contribution is -2.10. The first kappa shape index (κ1) is 9.01. The number of H-pyrrole nitrogens is 1. The van der Waals surface area contributed by atoms with Gasteiger partial charge in [-0.25, -0.2) is 8.42 Å². The summed E-state index contributed by atoms with van der Waals surface area (Å²) in [6.07, 6.45) is 0. The molecule has 0 saturated carbocycles. The van der Waals surface area contributed by atoms with E-state index in [9.17, 15) is 13.2 Å². The second-order valence-corrected chi connectivity index (χ2v) is 4.33. The normalized spacial score (nSPS) is 11.4. The molecule has 0 atom stereocenters. The molecule has 0 unspecified atom stereocenters. The van der Waals surface area contributed by atoms with Crippen molar-refractivity contribution >= 4 is 19.7 Å². The predicted molar refractivity (Wildman–Crippen MR) is 39.6 cm³/mol. The second kappa shape index (κ2) is 2.76. The van der Waals surface area contributed by atoms with Crippen LogP contribution in [0.5, 0.6) is 5.88 Å². The van der Waals surface area contributed by atoms with Crippen LogP contribution >= 0.6 is 10.7 Å². The van der Waals surface area contributed by atoms with Crippen molar-refractivity contribution in [3.63, 3.8) is 0 Å². The Morgan fingerprint density at radius 2 is 2.17 bits per heavy atom. The highest BCUT2D eigenvalue weighted by atomic mass is 35.7. The molecule has 0 bridgehead atoms. The van der Waals surface area contributed by atoms with Crippen LogP contribution in [0.15, 0.2) is 16.0 Å². The number of nitrogens with zero attached hydrogens (tertiary/aromatic N) is 1. The highest BCUT2D eigenvalue weighted by molar-refractivity contribution is 8.13. The van der Waals surface area contributed by atoms with Gasteiger partial charge in [0.25, 0.3) is 14.6 Å². The molecule has 12 heavy (non-hydrogen) atoms. The van der Waals surface area contributed by atoms with Crippen molar-refractivity contribution in [3.8, 4) is 5.88 Å². The minimum Gasteiger partial charge on any atom is -0.493 e. The zero-order valence-electron chi connectivity index (χ0n) is 5.48. The van der Waals surface area contributed by atoms with E-state index in [2.05, 4.69) is 4.98 Å². The third-order valence-electron chi connectivity index (χ3n) is 0.937. The van der Waals surface area contributed by atoms with Gasteiger partial charge >= 0.3 is 0 Å². The lowest BCUT2D eigenvalue weighted by atomic mass is 10.6. The van der Waals surface area contributed by atoms with Crippen molar-refractivity contribution in [2.24, 2.45) is 0 Å². The van der Waals surface area contributed by atoms with Gasteiger partial charge in [0.2, 0.25) is 11.0 Å². The van der Waals surface area contributed by atoms with E-state index >= 15 is 0 Å². The van der Waals surface area contributed by atoms with Crippen LogP contribution < -0.4 is 5.56 Å². The molecule has 8 heteroatoms. The molecule has 0 fully saturated rings. The van der Waals surface area contributed by atoms with Crippen molar-refractivity contribution in [2.75, 3.05) is 0 Å². The first-order valence-corrected chi connectivity index (χ1v) is 4.95. The number of aromatic nitrogens is 2. The number of aromatic hydroxyl groups is 1. The quantitative estimate of drug-likeness (QED) is 0.476. The molecule has 0 spiro atoms. The fourth-order valence-electron chi connectivity index (χ4n) is 0.538. The van der Waals surface area contributed by atoms with Crippen molar-refractivity contribution in [3.05, 3.63) is 16.4 Å². The van der Waals surface area contributed by atoms with Gasteiger partial charge in [-0.1, -0.05) is 0 Å². The van der Waals surface area contributed by atoms with E-state index in [4.69, 9.17) is 15.8 Å². The van der Waals surface area contributed by atoms with E-state index in [-0.39, 0.29) is 0 Å². The SMILES string of the molecule is O=c1cc(O)nc(S(=O)(=O)Cl)[nH]1. The number of hydrogen-bond acceptors (Lipinski definition) is 5. The maximum atomic E-state index is 10.6. The maximum Gasteiger partial charge on any atom is 0.295 e. The Kier molecular flexibility index (Phi) is 2.07. The zero-order valence-corrected chi connectivity index (χ0v) is 7.06. The van der Waals surface area contributed by atoms with Crippen LogP contribution in [-0.2, 0) is 9.05 Å². The fraction of sp³-hybridized carbons (Fsp3) is 0. The highest BCUT2D eigenvalue weighted by Crippen LogP contribution is 2.09. The zero-order chi connectivity index (χ0) is 9.35. The fourth-order valence-corrected chi connectivity index (χ4v) is 1.18. The van der Waals surface area contributed by atoms with Gasteiger partial charge in [0.05, 0.1) is 6.07 Å². The Morgan fingerprint density at radius 3 is 2.58 bits per heavy atom. The number of nitrogens with one attached hydrogen (secondary N) is 1. The van der Waals surface area contributed by atoms with E-state index in [1.807, 2.05) is 4.98 Å². The van der Waals surface area contributed by atoms with Gasteiger partial charge in [-0.3, -0.25) is 9.78 Å². The van der Waals surface area contributed by atoms with Crippen LogP contribution in [0.4, 0.5) is 0 Å². The molecule has 1 rings (SSSR count). The van der Waals surface area contributed by atoms with Gasteiger partial charge in [-0.05, 0) is 0 Å². The molecule has 0 aliphatic rings. The summed E-state index contributed by atoms with van der Waals surface area (Å²) in [5.41, 5.74) is -0.790. The van der Waals surface area contributed by atoms with Crippen LogP contribution in [0.25, 0.3) is 0 Å². The molecule has 1 aromatic rings. The molecular weight excluding hydrogens is 208 g/mol. The maximum absolute atomic E-state index is 10.6. The summed E-state index contributed by atoms with van der Waals surface area (Å²) < 4.78 is 21.1. The van der Waals surface area contributed by atoms with Gasteiger partial charge in [0.15, 0.2) is 0 Å². The Hall–Kier alpha value is -1.08. The standard InChI is InChI=1S/C4H3ClN2O4S/c5-12(10,11)4-6-2(8)1-3(9)7-4/h1H,(H2,6,7,8,9). The van der Waals surface area contributed by atoms with Gasteiger partial charge in [0, 0.05) is 10.7 Å². The van der Waals surface area contributed by atoms with Crippen molar-refractivity contribution in [1.29, 1.82) is 0 Å². The number of halogens is 1. The Morgan fingerprint density at radius 1 is 1.58 bits per heavy atom. The first-order valence-electron chi connectivity index (χ1n) is 2.64. The molecule has 6 nitrogen and oxygen atoms in total. The lowest BCUT2D eigenvalue weighted by Gasteiger charge is -1.94. The average molecular weight is 211 g/mol. The van der Waals surface area contributed by atoms with Crippen LogP contribution in [0.1, 0.15) is 0 Å².